The van der Waals surface area contributed by atoms with E-state index in [1.165, 1.54) is 0 Å². The van der Waals surface area contributed by atoms with Crippen LogP contribution in [0, 0.1) is 0 Å². The second-order valence-electron chi connectivity index (χ2n) is 6.22. The smallest absolute Gasteiger partial charge is 0.179 e. The van der Waals surface area contributed by atoms with Gasteiger partial charge in [-0.15, -0.1) is 0 Å². The molecular formula is C17H20ClN3O3. The minimum Gasteiger partial charge on any atom is -0.489 e. The molecule has 0 radical (unpaired) electrons. The van der Waals surface area contributed by atoms with Crippen LogP contribution in [0.5, 0.6) is 11.5 Å². The van der Waals surface area contributed by atoms with E-state index in [2.05, 4.69) is 10.4 Å². The van der Waals surface area contributed by atoms with Gasteiger partial charge in [0.05, 0.1) is 30.4 Å². The molecule has 0 bridgehead atoms. The SMILES string of the molecule is O[C@@H]1C[C@H](NCc2cc(Cl)c3c(c2)OCCCO3)[C@H]1n1cccn1. The fourth-order valence-electron chi connectivity index (χ4n) is 3.27. The minimum atomic E-state index is -0.366. The third-order valence-electron chi connectivity index (χ3n) is 4.56. The molecule has 0 spiro atoms. The summed E-state index contributed by atoms with van der Waals surface area (Å²) in [5.74, 6) is 1.33. The van der Waals surface area contributed by atoms with Crippen LogP contribution in [-0.2, 0) is 6.54 Å². The number of fused-ring (bicyclic) bond motifs is 1. The number of hydrogen-bond acceptors (Lipinski definition) is 5. The first-order chi connectivity index (χ1) is 11.7. The number of ether oxygens (including phenoxy) is 2. The maximum Gasteiger partial charge on any atom is 0.179 e. The molecule has 6 nitrogen and oxygen atoms in total. The summed E-state index contributed by atoms with van der Waals surface area (Å²) in [6, 6.07) is 5.88. The van der Waals surface area contributed by atoms with Crippen molar-refractivity contribution < 1.29 is 14.6 Å². The molecule has 7 heteroatoms. The van der Waals surface area contributed by atoms with Gasteiger partial charge in [0.15, 0.2) is 11.5 Å². The molecule has 2 N–H and O–H groups in total. The maximum atomic E-state index is 10.0. The van der Waals surface area contributed by atoms with Crippen molar-refractivity contribution in [1.82, 2.24) is 15.1 Å². The molecule has 1 aromatic heterocycles. The van der Waals surface area contributed by atoms with Crippen molar-refractivity contribution in [3.8, 4) is 11.5 Å². The summed E-state index contributed by atoms with van der Waals surface area (Å²) in [4.78, 5) is 0. The molecule has 1 aliphatic heterocycles. The van der Waals surface area contributed by atoms with Crippen LogP contribution in [0.3, 0.4) is 0 Å². The van der Waals surface area contributed by atoms with Crippen LogP contribution in [0.4, 0.5) is 0 Å². The summed E-state index contributed by atoms with van der Waals surface area (Å²) in [5.41, 5.74) is 1.03. The van der Waals surface area contributed by atoms with Gasteiger partial charge in [-0.2, -0.15) is 5.10 Å². The zero-order valence-electron chi connectivity index (χ0n) is 13.2. The first kappa shape index (κ1) is 15.7. The van der Waals surface area contributed by atoms with Crippen LogP contribution >= 0.6 is 11.6 Å². The Kier molecular flexibility index (Phi) is 4.35. The van der Waals surface area contributed by atoms with E-state index in [9.17, 15) is 5.11 Å². The lowest BCUT2D eigenvalue weighted by Gasteiger charge is -2.42. The highest BCUT2D eigenvalue weighted by Gasteiger charge is 2.41. The Bertz CT molecular complexity index is 707. The van der Waals surface area contributed by atoms with E-state index < -0.39 is 0 Å². The highest BCUT2D eigenvalue weighted by Crippen LogP contribution is 2.38. The fourth-order valence-corrected chi connectivity index (χ4v) is 3.56. The molecule has 1 aliphatic carbocycles. The Hall–Kier alpha value is -1.76. The predicted octanol–water partition coefficient (Wildman–Crippen LogP) is 2.16. The van der Waals surface area contributed by atoms with Gasteiger partial charge in [-0.1, -0.05) is 11.6 Å². The molecule has 4 rings (SSSR count). The molecule has 2 heterocycles. The van der Waals surface area contributed by atoms with Gasteiger partial charge in [0, 0.05) is 31.4 Å². The number of halogens is 1. The first-order valence-corrected chi connectivity index (χ1v) is 8.59. The molecule has 2 aromatic rings. The van der Waals surface area contributed by atoms with E-state index in [1.54, 1.807) is 6.20 Å². The van der Waals surface area contributed by atoms with Crippen LogP contribution in [0.15, 0.2) is 30.6 Å². The van der Waals surface area contributed by atoms with Crippen molar-refractivity contribution in [1.29, 1.82) is 0 Å². The molecule has 1 fully saturated rings. The molecule has 1 aromatic carbocycles. The van der Waals surface area contributed by atoms with Crippen molar-refractivity contribution in [2.24, 2.45) is 0 Å². The Balaban J connectivity index is 1.45. The molecule has 128 valence electrons. The van der Waals surface area contributed by atoms with Crippen LogP contribution in [0.2, 0.25) is 5.02 Å². The quantitative estimate of drug-likeness (QED) is 0.885. The average molecular weight is 350 g/mol. The number of nitrogens with one attached hydrogen (secondary N) is 1. The molecule has 0 unspecified atom stereocenters. The number of nitrogens with zero attached hydrogens (tertiary/aromatic N) is 2. The van der Waals surface area contributed by atoms with Crippen molar-refractivity contribution in [2.75, 3.05) is 13.2 Å². The monoisotopic (exact) mass is 349 g/mol. The topological polar surface area (TPSA) is 68.5 Å². The summed E-state index contributed by atoms with van der Waals surface area (Å²) >= 11 is 6.33. The lowest BCUT2D eigenvalue weighted by molar-refractivity contribution is -0.00822. The summed E-state index contributed by atoms with van der Waals surface area (Å²) in [6.45, 7) is 1.90. The van der Waals surface area contributed by atoms with Crippen molar-refractivity contribution in [3.63, 3.8) is 0 Å². The van der Waals surface area contributed by atoms with Crippen molar-refractivity contribution in [3.05, 3.63) is 41.2 Å². The molecule has 1 saturated carbocycles. The van der Waals surface area contributed by atoms with Gasteiger partial charge in [-0.25, -0.2) is 0 Å². The van der Waals surface area contributed by atoms with E-state index in [0.717, 1.165) is 12.0 Å². The lowest BCUT2D eigenvalue weighted by Crippen LogP contribution is -2.54. The van der Waals surface area contributed by atoms with E-state index in [0.29, 0.717) is 42.7 Å². The van der Waals surface area contributed by atoms with Gasteiger partial charge in [0.1, 0.15) is 0 Å². The Morgan fingerprint density at radius 2 is 2.21 bits per heavy atom. The molecule has 0 saturated heterocycles. The zero-order chi connectivity index (χ0) is 16.5. The average Bonchev–Trinajstić information content (AvgIpc) is 2.94. The first-order valence-electron chi connectivity index (χ1n) is 8.21. The van der Waals surface area contributed by atoms with Gasteiger partial charge in [-0.05, 0) is 30.2 Å². The largest absolute Gasteiger partial charge is 0.489 e. The van der Waals surface area contributed by atoms with Crippen molar-refractivity contribution in [2.45, 2.75) is 37.6 Å². The molecular weight excluding hydrogens is 330 g/mol. The normalized spacial score (nSPS) is 25.8. The highest BCUT2D eigenvalue weighted by atomic mass is 35.5. The van der Waals surface area contributed by atoms with E-state index in [4.69, 9.17) is 21.1 Å². The van der Waals surface area contributed by atoms with E-state index in [1.807, 2.05) is 29.1 Å². The number of hydrogen-bond donors (Lipinski definition) is 2. The number of benzene rings is 1. The van der Waals surface area contributed by atoms with E-state index in [-0.39, 0.29) is 18.2 Å². The Morgan fingerprint density at radius 3 is 3.00 bits per heavy atom. The molecule has 0 amide bonds. The second-order valence-corrected chi connectivity index (χ2v) is 6.63. The van der Waals surface area contributed by atoms with Crippen LogP contribution in [0.1, 0.15) is 24.4 Å². The predicted molar refractivity (Wildman–Crippen MR) is 89.6 cm³/mol. The second kappa shape index (κ2) is 6.63. The summed E-state index contributed by atoms with van der Waals surface area (Å²) < 4.78 is 13.2. The van der Waals surface area contributed by atoms with Gasteiger partial charge >= 0.3 is 0 Å². The van der Waals surface area contributed by atoms with Crippen LogP contribution in [0.25, 0.3) is 0 Å². The molecule has 24 heavy (non-hydrogen) atoms. The number of aromatic nitrogens is 2. The number of aliphatic hydroxyl groups is 1. The third-order valence-corrected chi connectivity index (χ3v) is 4.84. The maximum absolute atomic E-state index is 10.0. The fraction of sp³-hybridized carbons (Fsp3) is 0.471. The number of aliphatic hydroxyl groups excluding tert-OH is 1. The van der Waals surface area contributed by atoms with Gasteiger partial charge < -0.3 is 19.9 Å². The summed E-state index contributed by atoms with van der Waals surface area (Å²) in [6.07, 6.45) is 4.81. The Morgan fingerprint density at radius 1 is 1.33 bits per heavy atom. The van der Waals surface area contributed by atoms with E-state index >= 15 is 0 Å². The van der Waals surface area contributed by atoms with Gasteiger partial charge in [-0.3, -0.25) is 4.68 Å². The number of rotatable bonds is 4. The zero-order valence-corrected chi connectivity index (χ0v) is 13.9. The van der Waals surface area contributed by atoms with Gasteiger partial charge in [0.2, 0.25) is 0 Å². The third kappa shape index (κ3) is 2.97. The lowest BCUT2D eigenvalue weighted by atomic mass is 9.83. The van der Waals surface area contributed by atoms with Crippen LogP contribution < -0.4 is 14.8 Å². The summed E-state index contributed by atoms with van der Waals surface area (Å²) in [5, 5.41) is 18.3. The standard InChI is InChI=1S/C17H20ClN3O3/c18-12-7-11(8-15-17(12)24-6-2-5-23-15)10-19-13-9-14(22)16(13)21-4-1-3-20-21/h1,3-4,7-8,13-14,16,19,22H,2,5-6,9-10H2/t13-,14+,16+/m0/s1. The summed E-state index contributed by atoms with van der Waals surface area (Å²) in [7, 11) is 0. The Labute approximate surface area is 145 Å². The van der Waals surface area contributed by atoms with Crippen LogP contribution in [-0.4, -0.2) is 40.2 Å². The van der Waals surface area contributed by atoms with Crippen molar-refractivity contribution >= 4 is 11.6 Å². The van der Waals surface area contributed by atoms with Gasteiger partial charge in [0.25, 0.3) is 0 Å². The molecule has 2 aliphatic rings. The minimum absolute atomic E-state index is 0.0316. The highest BCUT2D eigenvalue weighted by molar-refractivity contribution is 6.32. The molecule has 3 atom stereocenters.